The Balaban J connectivity index is 1.76. The van der Waals surface area contributed by atoms with Crippen LogP contribution in [-0.2, 0) is 10.8 Å². The van der Waals surface area contributed by atoms with Gasteiger partial charge in [0.2, 0.25) is 0 Å². The second-order valence-corrected chi connectivity index (χ2v) is 17.5. The monoisotopic (exact) mass is 520 g/mol. The van der Waals surface area contributed by atoms with E-state index >= 15 is 0 Å². The predicted octanol–water partition coefficient (Wildman–Crippen LogP) is 4.35. The molecule has 0 aliphatic carbocycles. The van der Waals surface area contributed by atoms with E-state index in [0.717, 1.165) is 10.9 Å². The molecule has 32 heavy (non-hydrogen) atoms. The molecule has 0 aliphatic rings. The van der Waals surface area contributed by atoms with Crippen molar-refractivity contribution in [1.29, 1.82) is 0 Å². The van der Waals surface area contributed by atoms with Crippen LogP contribution < -0.4 is 14.8 Å². The second kappa shape index (κ2) is 10.6. The molecule has 0 aliphatic heterocycles. The molecule has 1 nitrogen and oxygen atoms in total. The van der Waals surface area contributed by atoms with Crippen LogP contribution in [0, 0.1) is 6.92 Å². The summed E-state index contributed by atoms with van der Waals surface area (Å²) in [6.07, 6.45) is 0. The summed E-state index contributed by atoms with van der Waals surface area (Å²) in [6.45, 7) is 4.52. The van der Waals surface area contributed by atoms with Crippen molar-refractivity contribution in [2.45, 2.75) is 28.6 Å². The van der Waals surface area contributed by atoms with Gasteiger partial charge in [-0.05, 0) is 0 Å². The molecule has 0 spiro atoms. The molecule has 162 valence electrons. The van der Waals surface area contributed by atoms with Gasteiger partial charge in [0.05, 0.1) is 0 Å². The van der Waals surface area contributed by atoms with Crippen molar-refractivity contribution in [3.63, 3.8) is 0 Å². The molecule has 0 saturated carbocycles. The topological polar surface area (TPSA) is 17.1 Å². The van der Waals surface area contributed by atoms with E-state index in [2.05, 4.69) is 117 Å². The number of rotatable bonds is 8. The van der Waals surface area contributed by atoms with E-state index in [1.165, 1.54) is 20.4 Å². The fourth-order valence-corrected chi connectivity index (χ4v) is 15.5. The van der Waals surface area contributed by atoms with Gasteiger partial charge in [-0.1, -0.05) is 0 Å². The molecule has 0 saturated heterocycles. The van der Waals surface area contributed by atoms with Gasteiger partial charge in [0.25, 0.3) is 0 Å². The molecule has 4 aromatic rings. The molecule has 0 radical (unpaired) electrons. The summed E-state index contributed by atoms with van der Waals surface area (Å²) in [6, 6.07) is 41.6. The van der Waals surface area contributed by atoms with E-state index in [9.17, 15) is 4.21 Å². The average molecular weight is 520 g/mol. The molecule has 2 atom stereocenters. The zero-order valence-corrected chi connectivity index (χ0v) is 22.0. The van der Waals surface area contributed by atoms with Gasteiger partial charge in [-0.2, -0.15) is 0 Å². The minimum absolute atomic E-state index is 0.102. The maximum absolute atomic E-state index is 13.9. The molecule has 2 unspecified atom stereocenters. The molecule has 4 rings (SSSR count). The first-order chi connectivity index (χ1) is 15.6. The Labute approximate surface area is 201 Å². The quantitative estimate of drug-likeness (QED) is 0.317. The predicted molar refractivity (Wildman–Crippen MR) is 142 cm³/mol. The van der Waals surface area contributed by atoms with E-state index in [-0.39, 0.29) is 19.1 Å². The Kier molecular flexibility index (Phi) is 7.59. The molecule has 0 amide bonds. The summed E-state index contributed by atoms with van der Waals surface area (Å²) < 4.78 is 15.4. The standard InChI is InChI=1S/C28H28OSSeSi/c1-23-18-20-24(21-19-23)30(29)28(31-25-12-6-3-7-13-25)22-32(2,26-14-8-4-9-15-26)27-16-10-5-11-17-27/h3-21,28H,22H2,1-2H3. The van der Waals surface area contributed by atoms with Crippen molar-refractivity contribution in [2.75, 3.05) is 0 Å². The van der Waals surface area contributed by atoms with Crippen molar-refractivity contribution in [3.05, 3.63) is 121 Å². The van der Waals surface area contributed by atoms with E-state index < -0.39 is 18.9 Å². The molecule has 0 N–H and O–H groups in total. The summed E-state index contributed by atoms with van der Waals surface area (Å²) in [5.41, 5.74) is 1.20. The number of hydrogen-bond donors (Lipinski definition) is 0. The first kappa shape index (κ1) is 22.9. The van der Waals surface area contributed by atoms with E-state index in [0.29, 0.717) is 0 Å². The van der Waals surface area contributed by atoms with Crippen molar-refractivity contribution in [2.24, 2.45) is 0 Å². The van der Waals surface area contributed by atoms with Crippen LogP contribution >= 0.6 is 0 Å². The first-order valence-electron chi connectivity index (χ1n) is 10.9. The summed E-state index contributed by atoms with van der Waals surface area (Å²) in [4.78, 5) is 0.941. The van der Waals surface area contributed by atoms with Crippen LogP contribution in [-0.4, -0.2) is 31.4 Å². The molecular weight excluding hydrogens is 491 g/mol. The third-order valence-electron chi connectivity index (χ3n) is 5.90. The zero-order valence-electron chi connectivity index (χ0n) is 18.5. The molecule has 0 bridgehead atoms. The van der Waals surface area contributed by atoms with E-state index in [1.807, 2.05) is 12.1 Å². The van der Waals surface area contributed by atoms with Gasteiger partial charge in [0, 0.05) is 0 Å². The first-order valence-corrected chi connectivity index (χ1v) is 16.6. The van der Waals surface area contributed by atoms with Crippen LogP contribution in [0.4, 0.5) is 0 Å². The van der Waals surface area contributed by atoms with Crippen molar-refractivity contribution < 1.29 is 4.21 Å². The van der Waals surface area contributed by atoms with Gasteiger partial charge < -0.3 is 0 Å². The number of aryl methyl sites for hydroxylation is 1. The summed E-state index contributed by atoms with van der Waals surface area (Å²) >= 11 is 0.106. The van der Waals surface area contributed by atoms with Crippen LogP contribution in [0.15, 0.2) is 120 Å². The van der Waals surface area contributed by atoms with E-state index in [4.69, 9.17) is 0 Å². The summed E-state index contributed by atoms with van der Waals surface area (Å²) in [5.74, 6) is 0. The fourth-order valence-electron chi connectivity index (χ4n) is 3.98. The SMILES string of the molecule is Cc1ccc(S(=O)C(C[Si](C)(c2ccccc2)c2ccccc2)[Se]c2ccccc2)cc1. The Hall–Kier alpha value is -2.23. The van der Waals surface area contributed by atoms with Crippen LogP contribution in [0.25, 0.3) is 0 Å². The van der Waals surface area contributed by atoms with Crippen molar-refractivity contribution in [3.8, 4) is 0 Å². The fraction of sp³-hybridized carbons (Fsp3) is 0.143. The van der Waals surface area contributed by atoms with Crippen molar-refractivity contribution in [1.82, 2.24) is 0 Å². The van der Waals surface area contributed by atoms with Crippen LogP contribution in [0.2, 0.25) is 12.6 Å². The van der Waals surface area contributed by atoms with Gasteiger partial charge in [-0.3, -0.25) is 0 Å². The van der Waals surface area contributed by atoms with Crippen LogP contribution in [0.3, 0.4) is 0 Å². The third-order valence-corrected chi connectivity index (χ3v) is 16.3. The Morgan fingerprint density at radius 2 is 1.19 bits per heavy atom. The summed E-state index contributed by atoms with van der Waals surface area (Å²) in [7, 11) is -3.16. The van der Waals surface area contributed by atoms with Gasteiger partial charge in [-0.15, -0.1) is 0 Å². The second-order valence-electron chi connectivity index (χ2n) is 8.24. The maximum atomic E-state index is 13.9. The van der Waals surface area contributed by atoms with E-state index in [1.54, 1.807) is 0 Å². The van der Waals surface area contributed by atoms with Gasteiger partial charge in [-0.25, -0.2) is 0 Å². The number of hydrogen-bond acceptors (Lipinski definition) is 1. The van der Waals surface area contributed by atoms with Gasteiger partial charge in [0.15, 0.2) is 0 Å². The van der Waals surface area contributed by atoms with Crippen molar-refractivity contribution >= 4 is 48.7 Å². The molecule has 0 fully saturated rings. The third kappa shape index (κ3) is 5.39. The molecule has 4 aromatic carbocycles. The number of benzene rings is 4. The van der Waals surface area contributed by atoms with Crippen LogP contribution in [0.5, 0.6) is 0 Å². The Morgan fingerprint density at radius 1 is 0.719 bits per heavy atom. The Bertz CT molecular complexity index is 1110. The average Bonchev–Trinajstić information content (AvgIpc) is 2.85. The molecule has 0 aromatic heterocycles. The molecule has 4 heteroatoms. The Morgan fingerprint density at radius 3 is 1.69 bits per heavy atom. The van der Waals surface area contributed by atoms with Gasteiger partial charge >= 0.3 is 202 Å². The minimum atomic E-state index is -2.10. The normalized spacial score (nSPS) is 13.4. The van der Waals surface area contributed by atoms with Gasteiger partial charge in [0.1, 0.15) is 0 Å². The zero-order chi connectivity index (χ0) is 22.4. The summed E-state index contributed by atoms with van der Waals surface area (Å²) in [5, 5.41) is 2.81. The molecular formula is C28H28OSSeSi. The van der Waals surface area contributed by atoms with Crippen LogP contribution in [0.1, 0.15) is 5.56 Å². The molecule has 0 heterocycles.